The van der Waals surface area contributed by atoms with Crippen LogP contribution in [0.3, 0.4) is 0 Å². The van der Waals surface area contributed by atoms with Gasteiger partial charge in [-0.1, -0.05) is 30.7 Å². The molecule has 2 atom stereocenters. The Morgan fingerprint density at radius 1 is 1.38 bits per heavy atom. The zero-order chi connectivity index (χ0) is 16.0. The molecule has 1 rings (SSSR count). The maximum absolute atomic E-state index is 12.8. The Balaban J connectivity index is 3.13. The lowest BCUT2D eigenvalue weighted by molar-refractivity contribution is -0.153. The highest BCUT2D eigenvalue weighted by atomic mass is 35.5. The first-order valence-corrected chi connectivity index (χ1v) is 7.09. The molecular formula is C14H20ClF3N2O. The Labute approximate surface area is 127 Å². The SMILES string of the molecule is CCC(N)C(c1cccc(Cl)c1)N(CCO)CC(F)(F)F. The number of alkyl halides is 3. The van der Waals surface area contributed by atoms with E-state index >= 15 is 0 Å². The van der Waals surface area contributed by atoms with Crippen LogP contribution >= 0.6 is 11.6 Å². The van der Waals surface area contributed by atoms with E-state index in [9.17, 15) is 13.2 Å². The second kappa shape index (κ2) is 7.98. The van der Waals surface area contributed by atoms with Crippen molar-refractivity contribution in [2.45, 2.75) is 31.6 Å². The molecular weight excluding hydrogens is 305 g/mol. The lowest BCUT2D eigenvalue weighted by Crippen LogP contribution is -2.46. The maximum Gasteiger partial charge on any atom is 0.401 e. The zero-order valence-electron chi connectivity index (χ0n) is 11.8. The summed E-state index contributed by atoms with van der Waals surface area (Å²) in [5.41, 5.74) is 6.64. The van der Waals surface area contributed by atoms with Gasteiger partial charge in [0, 0.05) is 17.6 Å². The number of aliphatic hydroxyl groups is 1. The summed E-state index contributed by atoms with van der Waals surface area (Å²) >= 11 is 5.92. The zero-order valence-corrected chi connectivity index (χ0v) is 12.5. The first-order valence-electron chi connectivity index (χ1n) is 6.71. The molecule has 7 heteroatoms. The summed E-state index contributed by atoms with van der Waals surface area (Å²) in [6.45, 7) is 0.208. The summed E-state index contributed by atoms with van der Waals surface area (Å²) in [5.74, 6) is 0. The molecule has 21 heavy (non-hydrogen) atoms. The van der Waals surface area contributed by atoms with Crippen LogP contribution in [-0.2, 0) is 0 Å². The Morgan fingerprint density at radius 2 is 2.05 bits per heavy atom. The first-order chi connectivity index (χ1) is 9.78. The number of nitrogens with two attached hydrogens (primary N) is 1. The Bertz CT molecular complexity index is 442. The Kier molecular flexibility index (Phi) is 6.93. The van der Waals surface area contributed by atoms with Crippen LogP contribution in [0.2, 0.25) is 5.02 Å². The topological polar surface area (TPSA) is 49.5 Å². The number of benzene rings is 1. The molecule has 0 aliphatic rings. The van der Waals surface area contributed by atoms with E-state index in [1.165, 1.54) is 0 Å². The average Bonchev–Trinajstić information content (AvgIpc) is 2.37. The van der Waals surface area contributed by atoms with Gasteiger partial charge in [0.2, 0.25) is 0 Å². The molecule has 3 nitrogen and oxygen atoms in total. The first kappa shape index (κ1) is 18.2. The highest BCUT2D eigenvalue weighted by molar-refractivity contribution is 6.30. The normalized spacial score (nSPS) is 15.2. The minimum Gasteiger partial charge on any atom is -0.395 e. The minimum absolute atomic E-state index is 0.107. The molecule has 1 aromatic rings. The van der Waals surface area contributed by atoms with Gasteiger partial charge >= 0.3 is 6.18 Å². The summed E-state index contributed by atoms with van der Waals surface area (Å²) < 4.78 is 38.3. The van der Waals surface area contributed by atoms with E-state index in [4.69, 9.17) is 22.4 Å². The molecule has 0 aliphatic heterocycles. The van der Waals surface area contributed by atoms with E-state index in [-0.39, 0.29) is 13.2 Å². The van der Waals surface area contributed by atoms with Crippen LogP contribution in [0.15, 0.2) is 24.3 Å². The second-order valence-corrected chi connectivity index (χ2v) is 5.32. The van der Waals surface area contributed by atoms with Gasteiger partial charge in [-0.2, -0.15) is 13.2 Å². The number of nitrogens with zero attached hydrogens (tertiary/aromatic N) is 1. The molecule has 0 saturated carbocycles. The van der Waals surface area contributed by atoms with Gasteiger partial charge in [-0.15, -0.1) is 0 Å². The van der Waals surface area contributed by atoms with Crippen molar-refractivity contribution in [2.24, 2.45) is 5.73 Å². The minimum atomic E-state index is -4.36. The van der Waals surface area contributed by atoms with Gasteiger partial charge in [0.25, 0.3) is 0 Å². The van der Waals surface area contributed by atoms with Crippen molar-refractivity contribution in [3.63, 3.8) is 0 Å². The van der Waals surface area contributed by atoms with Gasteiger partial charge in [0.1, 0.15) is 0 Å². The van der Waals surface area contributed by atoms with E-state index in [0.717, 1.165) is 4.90 Å². The monoisotopic (exact) mass is 324 g/mol. The van der Waals surface area contributed by atoms with Crippen LogP contribution in [0.4, 0.5) is 13.2 Å². The summed E-state index contributed by atoms with van der Waals surface area (Å²) in [5, 5.41) is 9.50. The number of rotatable bonds is 7. The van der Waals surface area contributed by atoms with Gasteiger partial charge < -0.3 is 10.8 Å². The third-order valence-electron chi connectivity index (χ3n) is 3.23. The van der Waals surface area contributed by atoms with Crippen LogP contribution < -0.4 is 5.73 Å². The van der Waals surface area contributed by atoms with Crippen molar-refractivity contribution >= 4 is 11.6 Å². The summed E-state index contributed by atoms with van der Waals surface area (Å²) in [6, 6.07) is 5.51. The lowest BCUT2D eigenvalue weighted by atomic mass is 9.96. The van der Waals surface area contributed by atoms with Gasteiger partial charge in [-0.05, 0) is 24.1 Å². The van der Waals surface area contributed by atoms with Crippen LogP contribution in [0.25, 0.3) is 0 Å². The third kappa shape index (κ3) is 5.82. The van der Waals surface area contributed by atoms with Crippen LogP contribution in [0.1, 0.15) is 24.9 Å². The van der Waals surface area contributed by atoms with E-state index in [2.05, 4.69) is 0 Å². The standard InChI is InChI=1S/C14H20ClF3N2O/c1-2-12(19)13(10-4-3-5-11(15)8-10)20(6-7-21)9-14(16,17)18/h3-5,8,12-13,21H,2,6-7,9,19H2,1H3. The van der Waals surface area contributed by atoms with Crippen LogP contribution in [0, 0.1) is 0 Å². The Morgan fingerprint density at radius 3 is 2.52 bits per heavy atom. The van der Waals surface area contributed by atoms with Crippen molar-refractivity contribution in [2.75, 3.05) is 19.7 Å². The predicted molar refractivity (Wildman–Crippen MR) is 77.2 cm³/mol. The van der Waals surface area contributed by atoms with Gasteiger partial charge in [-0.25, -0.2) is 0 Å². The summed E-state index contributed by atoms with van der Waals surface area (Å²) in [4.78, 5) is 1.15. The molecule has 0 spiro atoms. The van der Waals surface area contributed by atoms with E-state index in [0.29, 0.717) is 17.0 Å². The molecule has 120 valence electrons. The number of halogens is 4. The van der Waals surface area contributed by atoms with Crippen molar-refractivity contribution in [3.8, 4) is 0 Å². The van der Waals surface area contributed by atoms with E-state index < -0.39 is 24.8 Å². The largest absolute Gasteiger partial charge is 0.401 e. The molecule has 0 saturated heterocycles. The van der Waals surface area contributed by atoms with Crippen molar-refractivity contribution in [1.82, 2.24) is 4.90 Å². The fourth-order valence-corrected chi connectivity index (χ4v) is 2.52. The summed E-state index contributed by atoms with van der Waals surface area (Å²) in [7, 11) is 0. The fourth-order valence-electron chi connectivity index (χ4n) is 2.32. The molecule has 0 amide bonds. The number of aliphatic hydroxyl groups excluding tert-OH is 1. The lowest BCUT2D eigenvalue weighted by Gasteiger charge is -2.35. The van der Waals surface area contributed by atoms with Gasteiger partial charge in [-0.3, -0.25) is 4.90 Å². The molecule has 1 aromatic carbocycles. The molecule has 0 aromatic heterocycles. The van der Waals surface area contributed by atoms with Gasteiger partial charge in [0.05, 0.1) is 19.2 Å². The smallest absolute Gasteiger partial charge is 0.395 e. The molecule has 0 fully saturated rings. The highest BCUT2D eigenvalue weighted by Gasteiger charge is 2.36. The van der Waals surface area contributed by atoms with Crippen LogP contribution in [-0.4, -0.2) is 41.9 Å². The molecule has 0 aliphatic carbocycles. The number of hydrogen-bond donors (Lipinski definition) is 2. The van der Waals surface area contributed by atoms with E-state index in [1.807, 2.05) is 6.92 Å². The summed E-state index contributed by atoms with van der Waals surface area (Å²) in [6.07, 6.45) is -3.85. The average molecular weight is 325 g/mol. The molecule has 0 bridgehead atoms. The molecule has 0 heterocycles. The van der Waals surface area contributed by atoms with E-state index in [1.54, 1.807) is 24.3 Å². The maximum atomic E-state index is 12.8. The van der Waals surface area contributed by atoms with Gasteiger partial charge in [0.15, 0.2) is 0 Å². The highest BCUT2D eigenvalue weighted by Crippen LogP contribution is 2.30. The predicted octanol–water partition coefficient (Wildman–Crippen LogP) is 2.98. The van der Waals surface area contributed by atoms with Crippen molar-refractivity contribution < 1.29 is 18.3 Å². The van der Waals surface area contributed by atoms with Crippen LogP contribution in [0.5, 0.6) is 0 Å². The number of hydrogen-bond acceptors (Lipinski definition) is 3. The fraction of sp³-hybridized carbons (Fsp3) is 0.571. The molecule has 2 unspecified atom stereocenters. The quantitative estimate of drug-likeness (QED) is 0.810. The molecule has 3 N–H and O–H groups in total. The third-order valence-corrected chi connectivity index (χ3v) is 3.47. The molecule has 0 radical (unpaired) electrons. The van der Waals surface area contributed by atoms with Crippen molar-refractivity contribution in [3.05, 3.63) is 34.9 Å². The second-order valence-electron chi connectivity index (χ2n) is 4.88. The Hall–Kier alpha value is -0.820. The van der Waals surface area contributed by atoms with Crippen molar-refractivity contribution in [1.29, 1.82) is 0 Å².